The summed E-state index contributed by atoms with van der Waals surface area (Å²) in [5, 5.41) is 8.94. The fourth-order valence-corrected chi connectivity index (χ4v) is 1.49. The van der Waals surface area contributed by atoms with Crippen LogP contribution in [0.4, 0.5) is 0 Å². The Balaban J connectivity index is 3.19. The minimum atomic E-state index is -0.944. The maximum atomic E-state index is 10.9. The first-order valence-electron chi connectivity index (χ1n) is 4.50. The van der Waals surface area contributed by atoms with Crippen molar-refractivity contribution in [1.82, 2.24) is 0 Å². The van der Waals surface area contributed by atoms with Crippen LogP contribution in [0, 0.1) is 6.92 Å². The Morgan fingerprint density at radius 3 is 2.40 bits per heavy atom. The third-order valence-electron chi connectivity index (χ3n) is 2.29. The van der Waals surface area contributed by atoms with Crippen molar-refractivity contribution in [2.75, 3.05) is 14.2 Å². The van der Waals surface area contributed by atoms with Gasteiger partial charge in [-0.3, -0.25) is 0 Å². The Morgan fingerprint density at radius 2 is 1.93 bits per heavy atom. The van der Waals surface area contributed by atoms with E-state index in [1.807, 2.05) is 0 Å². The largest absolute Gasteiger partial charge is 0.478 e. The van der Waals surface area contributed by atoms with E-state index in [1.165, 1.54) is 14.2 Å². The van der Waals surface area contributed by atoms with Crippen molar-refractivity contribution in [2.24, 2.45) is 0 Å². The first-order valence-corrected chi connectivity index (χ1v) is 4.50. The molecule has 0 aliphatic carbocycles. The maximum absolute atomic E-state index is 10.9. The van der Waals surface area contributed by atoms with Gasteiger partial charge in [0, 0.05) is 19.8 Å². The zero-order valence-electron chi connectivity index (χ0n) is 8.98. The van der Waals surface area contributed by atoms with Crippen molar-refractivity contribution in [3.63, 3.8) is 0 Å². The lowest BCUT2D eigenvalue weighted by Gasteiger charge is -2.17. The number of methoxy groups -OCH3 is 2. The van der Waals surface area contributed by atoms with Crippen molar-refractivity contribution in [3.8, 4) is 0 Å². The minimum absolute atomic E-state index is 0.270. The average molecular weight is 210 g/mol. The van der Waals surface area contributed by atoms with E-state index >= 15 is 0 Å². The van der Waals surface area contributed by atoms with E-state index in [4.69, 9.17) is 14.6 Å². The van der Waals surface area contributed by atoms with Crippen LogP contribution in [-0.2, 0) is 9.47 Å². The van der Waals surface area contributed by atoms with Gasteiger partial charge < -0.3 is 14.6 Å². The summed E-state index contributed by atoms with van der Waals surface area (Å²) >= 11 is 0. The van der Waals surface area contributed by atoms with E-state index in [9.17, 15) is 4.79 Å². The monoisotopic (exact) mass is 210 g/mol. The summed E-state index contributed by atoms with van der Waals surface area (Å²) < 4.78 is 10.2. The van der Waals surface area contributed by atoms with Gasteiger partial charge in [-0.2, -0.15) is 0 Å². The Kier molecular flexibility index (Phi) is 3.82. The van der Waals surface area contributed by atoms with Crippen LogP contribution in [0.5, 0.6) is 0 Å². The molecule has 0 saturated heterocycles. The molecule has 1 aromatic carbocycles. The summed E-state index contributed by atoms with van der Waals surface area (Å²) in [5.41, 5.74) is 1.67. The van der Waals surface area contributed by atoms with Crippen molar-refractivity contribution in [3.05, 3.63) is 34.9 Å². The molecular formula is C11H14O4. The third-order valence-corrected chi connectivity index (χ3v) is 2.29. The highest BCUT2D eigenvalue weighted by atomic mass is 16.7. The molecule has 1 aromatic rings. The normalized spacial score (nSPS) is 10.7. The molecule has 0 aliphatic rings. The first-order chi connectivity index (χ1) is 7.11. The van der Waals surface area contributed by atoms with Gasteiger partial charge in [-0.05, 0) is 18.6 Å². The number of hydrogen-bond acceptors (Lipinski definition) is 3. The molecule has 0 atom stereocenters. The van der Waals surface area contributed by atoms with Crippen LogP contribution < -0.4 is 0 Å². The molecule has 0 spiro atoms. The number of carboxylic acids is 1. The van der Waals surface area contributed by atoms with Gasteiger partial charge in [0.25, 0.3) is 0 Å². The fourth-order valence-electron chi connectivity index (χ4n) is 1.49. The van der Waals surface area contributed by atoms with Crippen molar-refractivity contribution in [2.45, 2.75) is 13.2 Å². The zero-order chi connectivity index (χ0) is 11.4. The van der Waals surface area contributed by atoms with E-state index in [-0.39, 0.29) is 5.56 Å². The quantitative estimate of drug-likeness (QED) is 0.772. The number of carboxylic acid groups (broad SMARTS) is 1. The minimum Gasteiger partial charge on any atom is -0.478 e. The zero-order valence-corrected chi connectivity index (χ0v) is 8.98. The first kappa shape index (κ1) is 11.7. The van der Waals surface area contributed by atoms with Crippen molar-refractivity contribution < 1.29 is 19.4 Å². The molecular weight excluding hydrogens is 196 g/mol. The molecule has 15 heavy (non-hydrogen) atoms. The summed E-state index contributed by atoms with van der Waals surface area (Å²) in [5.74, 6) is -0.944. The van der Waals surface area contributed by atoms with Crippen LogP contribution >= 0.6 is 0 Å². The highest BCUT2D eigenvalue weighted by Crippen LogP contribution is 2.23. The molecule has 0 aliphatic heterocycles. The molecule has 1 N–H and O–H groups in total. The summed E-state index contributed by atoms with van der Waals surface area (Å²) in [4.78, 5) is 10.9. The second kappa shape index (κ2) is 4.91. The topological polar surface area (TPSA) is 55.8 Å². The van der Waals surface area contributed by atoms with Crippen LogP contribution in [0.25, 0.3) is 0 Å². The number of benzene rings is 1. The Morgan fingerprint density at radius 1 is 1.33 bits per heavy atom. The van der Waals surface area contributed by atoms with Gasteiger partial charge >= 0.3 is 5.97 Å². The van der Waals surface area contributed by atoms with Crippen LogP contribution in [0.1, 0.15) is 27.8 Å². The highest BCUT2D eigenvalue weighted by Gasteiger charge is 2.16. The third kappa shape index (κ3) is 2.34. The van der Waals surface area contributed by atoms with Crippen LogP contribution in [0.3, 0.4) is 0 Å². The van der Waals surface area contributed by atoms with Crippen LogP contribution in [0.15, 0.2) is 18.2 Å². The lowest BCUT2D eigenvalue weighted by Crippen LogP contribution is -2.09. The van der Waals surface area contributed by atoms with Gasteiger partial charge in [-0.1, -0.05) is 12.1 Å². The highest BCUT2D eigenvalue weighted by molar-refractivity contribution is 5.89. The number of hydrogen-bond donors (Lipinski definition) is 1. The van der Waals surface area contributed by atoms with Gasteiger partial charge in [0.2, 0.25) is 0 Å². The molecule has 0 radical (unpaired) electrons. The molecule has 0 aromatic heterocycles. The van der Waals surface area contributed by atoms with Gasteiger partial charge in [-0.25, -0.2) is 4.79 Å². The van der Waals surface area contributed by atoms with Crippen molar-refractivity contribution >= 4 is 5.97 Å². The number of carbonyl (C=O) groups is 1. The molecule has 4 nitrogen and oxygen atoms in total. The average Bonchev–Trinajstić information content (AvgIpc) is 2.21. The maximum Gasteiger partial charge on any atom is 0.335 e. The fraction of sp³-hybridized carbons (Fsp3) is 0.364. The molecule has 0 saturated carbocycles. The number of rotatable bonds is 4. The molecule has 0 bridgehead atoms. The standard InChI is InChI=1S/C11H14O4/c1-7-8(10(12)13)5-4-6-9(7)11(14-2)15-3/h4-6,11H,1-3H3,(H,12,13). The van der Waals surface area contributed by atoms with Crippen LogP contribution in [0.2, 0.25) is 0 Å². The summed E-state index contributed by atoms with van der Waals surface area (Å²) in [6, 6.07) is 5.03. The van der Waals surface area contributed by atoms with Gasteiger partial charge in [0.1, 0.15) is 0 Å². The molecule has 82 valence electrons. The lowest BCUT2D eigenvalue weighted by atomic mass is 10.0. The second-order valence-electron chi connectivity index (χ2n) is 3.13. The summed E-state index contributed by atoms with van der Waals surface area (Å²) in [6.45, 7) is 1.74. The van der Waals surface area contributed by atoms with Gasteiger partial charge in [0.05, 0.1) is 5.56 Å². The lowest BCUT2D eigenvalue weighted by molar-refractivity contribution is -0.106. The van der Waals surface area contributed by atoms with Gasteiger partial charge in [0.15, 0.2) is 6.29 Å². The molecule has 0 fully saturated rings. The van der Waals surface area contributed by atoms with E-state index < -0.39 is 12.3 Å². The molecule has 4 heteroatoms. The van der Waals surface area contributed by atoms with Crippen molar-refractivity contribution in [1.29, 1.82) is 0 Å². The molecule has 0 heterocycles. The summed E-state index contributed by atoms with van der Waals surface area (Å²) in [7, 11) is 3.03. The van der Waals surface area contributed by atoms with E-state index in [1.54, 1.807) is 25.1 Å². The number of aromatic carboxylic acids is 1. The van der Waals surface area contributed by atoms with Crippen LogP contribution in [-0.4, -0.2) is 25.3 Å². The Labute approximate surface area is 88.4 Å². The Bertz CT molecular complexity index is 356. The molecule has 1 rings (SSSR count). The predicted octanol–water partition coefficient (Wildman–Crippen LogP) is 1.98. The smallest absolute Gasteiger partial charge is 0.335 e. The predicted molar refractivity (Wildman–Crippen MR) is 54.9 cm³/mol. The molecule has 0 unspecified atom stereocenters. The van der Waals surface area contributed by atoms with E-state index in [2.05, 4.69) is 0 Å². The SMILES string of the molecule is COC(OC)c1cccc(C(=O)O)c1C. The molecule has 0 amide bonds. The van der Waals surface area contributed by atoms with E-state index in [0.717, 1.165) is 5.56 Å². The Hall–Kier alpha value is -1.39. The van der Waals surface area contributed by atoms with Gasteiger partial charge in [-0.15, -0.1) is 0 Å². The van der Waals surface area contributed by atoms with E-state index in [0.29, 0.717) is 5.56 Å². The summed E-state index contributed by atoms with van der Waals surface area (Å²) in [6.07, 6.45) is -0.524. The number of ether oxygens (including phenoxy) is 2. The second-order valence-corrected chi connectivity index (χ2v) is 3.13.